The molecule has 8 nitrogen and oxygen atoms in total. The molecule has 0 bridgehead atoms. The van der Waals surface area contributed by atoms with Gasteiger partial charge in [-0.15, -0.1) is 0 Å². The van der Waals surface area contributed by atoms with E-state index in [1.54, 1.807) is 47.4 Å². The standard InChI is InChI=1S/C27H22N4O4/c1-3-14-29-22-13-12-17(2)15-19(22)20(26(29)32)16-25-28-21-9-5-4-8-18(21)27(33)30(25)23-10-6-7-11-24(23)31(34)35/h4-13,15-16H,3,14H2,1-2H3/b20-16+. The lowest BCUT2D eigenvalue weighted by molar-refractivity contribution is -0.384. The number of anilines is 1. The Balaban J connectivity index is 1.84. The van der Waals surface area contributed by atoms with Crippen LogP contribution in [0.4, 0.5) is 11.4 Å². The molecule has 1 aromatic heterocycles. The fourth-order valence-corrected chi connectivity index (χ4v) is 4.47. The molecule has 0 fully saturated rings. The maximum Gasteiger partial charge on any atom is 0.293 e. The van der Waals surface area contributed by atoms with E-state index in [2.05, 4.69) is 4.98 Å². The highest BCUT2D eigenvalue weighted by Crippen LogP contribution is 2.38. The Morgan fingerprint density at radius 2 is 1.74 bits per heavy atom. The lowest BCUT2D eigenvalue weighted by Crippen LogP contribution is -2.27. The molecular weight excluding hydrogens is 444 g/mol. The molecule has 2 heterocycles. The van der Waals surface area contributed by atoms with E-state index in [0.717, 1.165) is 23.2 Å². The predicted octanol–water partition coefficient (Wildman–Crippen LogP) is 4.90. The first-order valence-corrected chi connectivity index (χ1v) is 11.3. The molecule has 174 valence electrons. The monoisotopic (exact) mass is 466 g/mol. The maximum absolute atomic E-state index is 13.6. The normalized spacial score (nSPS) is 14.1. The molecule has 0 N–H and O–H groups in total. The number of nitro groups is 1. The number of benzene rings is 3. The minimum absolute atomic E-state index is 0.0907. The number of rotatable bonds is 5. The van der Waals surface area contributed by atoms with Gasteiger partial charge in [-0.2, -0.15) is 0 Å². The smallest absolute Gasteiger partial charge is 0.293 e. The number of carbonyl (C=O) groups is 1. The van der Waals surface area contributed by atoms with Crippen LogP contribution in [-0.2, 0) is 4.79 Å². The van der Waals surface area contributed by atoms with E-state index in [1.165, 1.54) is 16.7 Å². The van der Waals surface area contributed by atoms with Crippen LogP contribution in [0.5, 0.6) is 0 Å². The fraction of sp³-hybridized carbons (Fsp3) is 0.148. The molecule has 4 aromatic rings. The summed E-state index contributed by atoms with van der Waals surface area (Å²) < 4.78 is 1.22. The molecule has 1 aliphatic heterocycles. The van der Waals surface area contributed by atoms with Crippen molar-refractivity contribution in [3.05, 3.63) is 104 Å². The van der Waals surface area contributed by atoms with E-state index >= 15 is 0 Å². The first kappa shape index (κ1) is 22.2. The van der Waals surface area contributed by atoms with E-state index < -0.39 is 10.5 Å². The van der Waals surface area contributed by atoms with Crippen LogP contribution in [-0.4, -0.2) is 26.9 Å². The number of fused-ring (bicyclic) bond motifs is 2. The molecule has 8 heteroatoms. The molecule has 5 rings (SSSR count). The van der Waals surface area contributed by atoms with Gasteiger partial charge in [0, 0.05) is 18.2 Å². The average Bonchev–Trinajstić information content (AvgIpc) is 3.10. The summed E-state index contributed by atoms with van der Waals surface area (Å²) in [4.78, 5) is 44.7. The van der Waals surface area contributed by atoms with Crippen molar-refractivity contribution >= 4 is 39.8 Å². The van der Waals surface area contributed by atoms with Gasteiger partial charge in [-0.05, 0) is 49.8 Å². The Labute approximate surface area is 200 Å². The molecule has 0 radical (unpaired) electrons. The van der Waals surface area contributed by atoms with Crippen molar-refractivity contribution in [2.75, 3.05) is 11.4 Å². The molecule has 0 aliphatic carbocycles. The van der Waals surface area contributed by atoms with Crippen LogP contribution in [0, 0.1) is 17.0 Å². The van der Waals surface area contributed by atoms with E-state index in [0.29, 0.717) is 23.0 Å². The topological polar surface area (TPSA) is 98.3 Å². The summed E-state index contributed by atoms with van der Waals surface area (Å²) in [5.41, 5.74) is 2.79. The van der Waals surface area contributed by atoms with Crippen molar-refractivity contribution in [3.63, 3.8) is 0 Å². The third-order valence-corrected chi connectivity index (χ3v) is 6.05. The molecule has 0 saturated heterocycles. The SMILES string of the molecule is CCCN1C(=O)/C(=C/c2nc3ccccc3c(=O)n2-c2ccccc2[N+](=O)[O-])c2cc(C)ccc21. The minimum Gasteiger partial charge on any atom is -0.308 e. The first-order chi connectivity index (χ1) is 16.9. The van der Waals surface area contributed by atoms with Crippen LogP contribution in [0.2, 0.25) is 0 Å². The molecule has 35 heavy (non-hydrogen) atoms. The molecular formula is C27H22N4O4. The quantitative estimate of drug-likeness (QED) is 0.237. The molecule has 1 aliphatic rings. The summed E-state index contributed by atoms with van der Waals surface area (Å²) in [7, 11) is 0. The second kappa shape index (κ2) is 8.64. The van der Waals surface area contributed by atoms with Gasteiger partial charge in [0.25, 0.3) is 17.2 Å². The van der Waals surface area contributed by atoms with Crippen LogP contribution < -0.4 is 10.5 Å². The zero-order valence-electron chi connectivity index (χ0n) is 19.3. The van der Waals surface area contributed by atoms with Gasteiger partial charge < -0.3 is 4.90 Å². The summed E-state index contributed by atoms with van der Waals surface area (Å²) in [6.45, 7) is 4.50. The van der Waals surface area contributed by atoms with Crippen molar-refractivity contribution < 1.29 is 9.72 Å². The van der Waals surface area contributed by atoms with Gasteiger partial charge in [-0.25, -0.2) is 4.98 Å². The minimum atomic E-state index is -0.531. The van der Waals surface area contributed by atoms with Crippen molar-refractivity contribution in [1.82, 2.24) is 9.55 Å². The number of aromatic nitrogens is 2. The molecule has 0 saturated carbocycles. The van der Waals surface area contributed by atoms with Gasteiger partial charge in [0.15, 0.2) is 0 Å². The predicted molar refractivity (Wildman–Crippen MR) is 136 cm³/mol. The van der Waals surface area contributed by atoms with Gasteiger partial charge in [0.1, 0.15) is 11.5 Å². The summed E-state index contributed by atoms with van der Waals surface area (Å²) in [5, 5.41) is 12.1. The van der Waals surface area contributed by atoms with Crippen molar-refractivity contribution in [2.45, 2.75) is 20.3 Å². The number of para-hydroxylation sites is 3. The lowest BCUT2D eigenvalue weighted by Gasteiger charge is -2.15. The Kier molecular flexibility index (Phi) is 5.49. The summed E-state index contributed by atoms with van der Waals surface area (Å²) in [6.07, 6.45) is 2.35. The summed E-state index contributed by atoms with van der Waals surface area (Å²) >= 11 is 0. The highest BCUT2D eigenvalue weighted by Gasteiger charge is 2.32. The largest absolute Gasteiger partial charge is 0.308 e. The number of hydrogen-bond acceptors (Lipinski definition) is 5. The number of hydrogen-bond donors (Lipinski definition) is 0. The Bertz CT molecular complexity index is 1600. The van der Waals surface area contributed by atoms with E-state index in [1.807, 2.05) is 32.0 Å². The number of aryl methyl sites for hydroxylation is 1. The Morgan fingerprint density at radius 1 is 1.00 bits per heavy atom. The van der Waals surface area contributed by atoms with E-state index in [4.69, 9.17) is 0 Å². The van der Waals surface area contributed by atoms with Crippen LogP contribution >= 0.6 is 0 Å². The number of amides is 1. The molecule has 1 amide bonds. The van der Waals surface area contributed by atoms with Crippen molar-refractivity contribution in [1.29, 1.82) is 0 Å². The molecule has 0 unspecified atom stereocenters. The number of carbonyl (C=O) groups excluding carboxylic acids is 1. The number of nitrogens with zero attached hydrogens (tertiary/aromatic N) is 4. The molecule has 3 aromatic carbocycles. The van der Waals surface area contributed by atoms with Gasteiger partial charge in [-0.1, -0.05) is 42.8 Å². The highest BCUT2D eigenvalue weighted by atomic mass is 16.6. The van der Waals surface area contributed by atoms with Crippen LogP contribution in [0.3, 0.4) is 0 Å². The zero-order chi connectivity index (χ0) is 24.7. The van der Waals surface area contributed by atoms with Crippen molar-refractivity contribution in [3.8, 4) is 5.69 Å². The lowest BCUT2D eigenvalue weighted by atomic mass is 10.0. The molecule has 0 atom stereocenters. The van der Waals surface area contributed by atoms with E-state index in [-0.39, 0.29) is 23.1 Å². The van der Waals surface area contributed by atoms with Crippen LogP contribution in [0.1, 0.15) is 30.3 Å². The summed E-state index contributed by atoms with van der Waals surface area (Å²) in [6, 6.07) is 18.7. The fourth-order valence-electron chi connectivity index (χ4n) is 4.47. The third kappa shape index (κ3) is 3.69. The van der Waals surface area contributed by atoms with Gasteiger partial charge in [0.05, 0.1) is 27.1 Å². The maximum atomic E-state index is 13.6. The first-order valence-electron chi connectivity index (χ1n) is 11.3. The van der Waals surface area contributed by atoms with Crippen LogP contribution in [0.15, 0.2) is 71.5 Å². The second-order valence-corrected chi connectivity index (χ2v) is 8.41. The average molecular weight is 466 g/mol. The number of nitro benzene ring substituents is 1. The Hall–Kier alpha value is -4.59. The van der Waals surface area contributed by atoms with Gasteiger partial charge in [-0.3, -0.25) is 24.3 Å². The van der Waals surface area contributed by atoms with Crippen LogP contribution in [0.25, 0.3) is 28.2 Å². The second-order valence-electron chi connectivity index (χ2n) is 8.41. The summed E-state index contributed by atoms with van der Waals surface area (Å²) in [5.74, 6) is -0.0406. The van der Waals surface area contributed by atoms with E-state index in [9.17, 15) is 19.7 Å². The third-order valence-electron chi connectivity index (χ3n) is 6.05. The molecule has 0 spiro atoms. The van der Waals surface area contributed by atoms with Gasteiger partial charge in [0.2, 0.25) is 0 Å². The highest BCUT2D eigenvalue weighted by molar-refractivity contribution is 6.35. The van der Waals surface area contributed by atoms with Gasteiger partial charge >= 0.3 is 0 Å². The zero-order valence-corrected chi connectivity index (χ0v) is 19.3. The Morgan fingerprint density at radius 3 is 2.51 bits per heavy atom. The van der Waals surface area contributed by atoms with Crippen molar-refractivity contribution in [2.24, 2.45) is 0 Å².